The largest absolute Gasteiger partial charge is 0.494 e. The van der Waals surface area contributed by atoms with Gasteiger partial charge in [0, 0.05) is 0 Å². The highest BCUT2D eigenvalue weighted by Gasteiger charge is 2.51. The Balaban J connectivity index is 2.07. The van der Waals surface area contributed by atoms with Gasteiger partial charge in [-0.3, -0.25) is 5.01 Å². The Morgan fingerprint density at radius 1 is 1.14 bits per heavy atom. The molecule has 0 aromatic heterocycles. The van der Waals surface area contributed by atoms with E-state index in [-0.39, 0.29) is 18.3 Å². The predicted molar refractivity (Wildman–Crippen MR) is 84.6 cm³/mol. The van der Waals surface area contributed by atoms with Gasteiger partial charge in [0.15, 0.2) is 0 Å². The molecule has 0 radical (unpaired) electrons. The average Bonchev–Trinajstić information content (AvgIpc) is 2.59. The maximum absolute atomic E-state index is 6.01. The second-order valence-corrected chi connectivity index (χ2v) is 6.27. The summed E-state index contributed by atoms with van der Waals surface area (Å²) in [5.41, 5.74) is 1.38. The highest BCUT2D eigenvalue weighted by Crippen LogP contribution is 2.36. The maximum Gasteiger partial charge on any atom is 0.494 e. The van der Waals surface area contributed by atoms with Crippen LogP contribution in [0.5, 0.6) is 0 Å². The third kappa shape index (κ3) is 3.37. The molecule has 1 heterocycles. The van der Waals surface area contributed by atoms with Gasteiger partial charge in [0.1, 0.15) is 6.34 Å². The number of hydrogen-bond donors (Lipinski definition) is 2. The molecular weight excluding hydrogens is 267 g/mol. The summed E-state index contributed by atoms with van der Waals surface area (Å²) in [7, 11) is -0.344. The number of hydrogen-bond acceptors (Lipinski definition) is 5. The van der Waals surface area contributed by atoms with Crippen molar-refractivity contribution in [2.24, 2.45) is 16.8 Å². The molecule has 0 atom stereocenters. The van der Waals surface area contributed by atoms with Crippen LogP contribution in [0.15, 0.2) is 29.4 Å². The molecule has 0 unspecified atom stereocenters. The van der Waals surface area contributed by atoms with Gasteiger partial charge in [-0.25, -0.2) is 5.84 Å². The van der Waals surface area contributed by atoms with Crippen molar-refractivity contribution >= 4 is 18.9 Å². The van der Waals surface area contributed by atoms with Crippen LogP contribution in [0, 0.1) is 0 Å². The average molecular weight is 290 g/mol. The lowest BCUT2D eigenvalue weighted by Gasteiger charge is -2.32. The summed E-state index contributed by atoms with van der Waals surface area (Å²) in [5, 5.41) is 4.80. The highest BCUT2D eigenvalue weighted by atomic mass is 16.7. The van der Waals surface area contributed by atoms with Crippen molar-refractivity contribution in [1.29, 1.82) is 0 Å². The molecule has 1 saturated heterocycles. The van der Waals surface area contributed by atoms with E-state index in [1.54, 1.807) is 0 Å². The van der Waals surface area contributed by atoms with Crippen LogP contribution in [0.3, 0.4) is 0 Å². The molecule has 0 bridgehead atoms. The molecule has 1 fully saturated rings. The van der Waals surface area contributed by atoms with Gasteiger partial charge in [-0.15, -0.1) is 0 Å². The maximum atomic E-state index is 6.01. The van der Waals surface area contributed by atoms with Crippen molar-refractivity contribution in [3.8, 4) is 0 Å². The highest BCUT2D eigenvalue weighted by molar-refractivity contribution is 6.62. The zero-order chi connectivity index (χ0) is 15.7. The predicted octanol–water partition coefficient (Wildman–Crippen LogP) is 0.564. The standard InChI is InChI=1S/C14H23BN4O2/c1-13(2)14(3,4)21-15(20-13)12-7-5-11(6-8-12)9-19(17)10-18-16/h5-8,10H,9,16-17H2,1-4H3/b18-10-. The number of rotatable bonds is 4. The third-order valence-corrected chi connectivity index (χ3v) is 4.09. The number of hydrazone groups is 1. The van der Waals surface area contributed by atoms with Gasteiger partial charge < -0.3 is 15.2 Å². The van der Waals surface area contributed by atoms with Gasteiger partial charge in [-0.2, -0.15) is 5.10 Å². The first-order valence-electron chi connectivity index (χ1n) is 6.94. The van der Waals surface area contributed by atoms with Crippen LogP contribution < -0.4 is 17.1 Å². The monoisotopic (exact) mass is 290 g/mol. The van der Waals surface area contributed by atoms with Crippen LogP contribution in [0.4, 0.5) is 0 Å². The Labute approximate surface area is 126 Å². The molecular formula is C14H23BN4O2. The second kappa shape index (κ2) is 5.67. The van der Waals surface area contributed by atoms with E-state index < -0.39 is 0 Å². The van der Waals surface area contributed by atoms with Gasteiger partial charge in [0.05, 0.1) is 17.7 Å². The Morgan fingerprint density at radius 2 is 1.67 bits per heavy atom. The summed E-state index contributed by atoms with van der Waals surface area (Å²) in [5.74, 6) is 10.8. The van der Waals surface area contributed by atoms with E-state index in [0.717, 1.165) is 11.0 Å². The lowest BCUT2D eigenvalue weighted by atomic mass is 9.79. The van der Waals surface area contributed by atoms with Gasteiger partial charge >= 0.3 is 7.12 Å². The Bertz CT molecular complexity index is 500. The lowest BCUT2D eigenvalue weighted by Crippen LogP contribution is -2.41. The fourth-order valence-electron chi connectivity index (χ4n) is 2.10. The Kier molecular flexibility index (Phi) is 4.27. The van der Waals surface area contributed by atoms with E-state index in [4.69, 9.17) is 21.0 Å². The van der Waals surface area contributed by atoms with Gasteiger partial charge in [-0.1, -0.05) is 24.3 Å². The smallest absolute Gasteiger partial charge is 0.399 e. The van der Waals surface area contributed by atoms with E-state index in [1.807, 2.05) is 52.0 Å². The molecule has 1 aliphatic rings. The third-order valence-electron chi connectivity index (χ3n) is 4.09. The van der Waals surface area contributed by atoms with E-state index >= 15 is 0 Å². The quantitative estimate of drug-likeness (QED) is 0.278. The van der Waals surface area contributed by atoms with E-state index in [9.17, 15) is 0 Å². The molecule has 0 saturated carbocycles. The van der Waals surface area contributed by atoms with Gasteiger partial charge in [0.25, 0.3) is 0 Å². The topological polar surface area (TPSA) is 86.1 Å². The molecule has 0 aliphatic carbocycles. The van der Waals surface area contributed by atoms with Crippen molar-refractivity contribution < 1.29 is 9.31 Å². The minimum Gasteiger partial charge on any atom is -0.399 e. The molecule has 0 amide bonds. The van der Waals surface area contributed by atoms with E-state index in [2.05, 4.69) is 5.10 Å². The van der Waals surface area contributed by atoms with Crippen molar-refractivity contribution in [3.63, 3.8) is 0 Å². The molecule has 2 rings (SSSR count). The van der Waals surface area contributed by atoms with Gasteiger partial charge in [0.2, 0.25) is 0 Å². The molecule has 4 N–H and O–H groups in total. The van der Waals surface area contributed by atoms with Crippen LogP contribution in [0.2, 0.25) is 0 Å². The molecule has 7 heteroatoms. The fraction of sp³-hybridized carbons (Fsp3) is 0.500. The number of benzene rings is 1. The second-order valence-electron chi connectivity index (χ2n) is 6.27. The normalized spacial score (nSPS) is 20.1. The van der Waals surface area contributed by atoms with Crippen LogP contribution in [0.25, 0.3) is 0 Å². The first kappa shape index (κ1) is 15.8. The Hall–Kier alpha value is -1.57. The number of nitrogens with two attached hydrogens (primary N) is 2. The zero-order valence-corrected chi connectivity index (χ0v) is 13.0. The molecule has 114 valence electrons. The number of nitrogens with zero attached hydrogens (tertiary/aromatic N) is 2. The van der Waals surface area contributed by atoms with E-state index in [1.165, 1.54) is 11.3 Å². The lowest BCUT2D eigenvalue weighted by molar-refractivity contribution is 0.00578. The van der Waals surface area contributed by atoms with Crippen molar-refractivity contribution in [2.75, 3.05) is 0 Å². The zero-order valence-electron chi connectivity index (χ0n) is 13.0. The van der Waals surface area contributed by atoms with Crippen LogP contribution >= 0.6 is 0 Å². The van der Waals surface area contributed by atoms with Crippen molar-refractivity contribution in [2.45, 2.75) is 45.4 Å². The summed E-state index contributed by atoms with van der Waals surface area (Å²) in [4.78, 5) is 0. The molecule has 1 aromatic rings. The van der Waals surface area contributed by atoms with Crippen molar-refractivity contribution in [3.05, 3.63) is 29.8 Å². The van der Waals surface area contributed by atoms with Crippen LogP contribution in [-0.2, 0) is 15.9 Å². The molecule has 0 spiro atoms. The molecule has 21 heavy (non-hydrogen) atoms. The van der Waals surface area contributed by atoms with Crippen LogP contribution in [0.1, 0.15) is 33.3 Å². The summed E-state index contributed by atoms with van der Waals surface area (Å²) in [6, 6.07) is 7.96. The summed E-state index contributed by atoms with van der Waals surface area (Å²) < 4.78 is 12.0. The number of hydrazine groups is 1. The van der Waals surface area contributed by atoms with Gasteiger partial charge in [-0.05, 0) is 38.7 Å². The minimum absolute atomic E-state index is 0.331. The molecule has 1 aromatic carbocycles. The first-order chi connectivity index (χ1) is 9.75. The SMILES string of the molecule is CC1(C)OB(c2ccc(CN(N)/C=N\N)cc2)OC1(C)C. The van der Waals surface area contributed by atoms with Crippen LogP contribution in [-0.4, -0.2) is 29.7 Å². The first-order valence-corrected chi connectivity index (χ1v) is 6.94. The Morgan fingerprint density at radius 3 is 2.14 bits per heavy atom. The van der Waals surface area contributed by atoms with Crippen molar-refractivity contribution in [1.82, 2.24) is 5.01 Å². The summed E-state index contributed by atoms with van der Waals surface area (Å²) in [6.45, 7) is 8.70. The molecule has 1 aliphatic heterocycles. The fourth-order valence-corrected chi connectivity index (χ4v) is 2.10. The minimum atomic E-state index is -0.344. The van der Waals surface area contributed by atoms with E-state index in [0.29, 0.717) is 6.54 Å². The summed E-state index contributed by atoms with van der Waals surface area (Å²) >= 11 is 0. The summed E-state index contributed by atoms with van der Waals surface area (Å²) in [6.07, 6.45) is 1.38. The molecule has 6 nitrogen and oxygen atoms in total.